The van der Waals surface area contributed by atoms with E-state index in [1.807, 2.05) is 12.1 Å². The third-order valence-electron chi connectivity index (χ3n) is 2.21. The molecule has 2 heteroatoms. The maximum Gasteiger partial charge on any atom is 0.130 e. The number of hydrogen-bond donors (Lipinski definition) is 0. The highest BCUT2D eigenvalue weighted by Crippen LogP contribution is 2.22. The summed E-state index contributed by atoms with van der Waals surface area (Å²) in [6.07, 6.45) is 10.9. The van der Waals surface area contributed by atoms with E-state index in [-0.39, 0.29) is 0 Å². The van der Waals surface area contributed by atoms with E-state index in [9.17, 15) is 0 Å². The van der Waals surface area contributed by atoms with Crippen LogP contribution in [0.25, 0.3) is 0 Å². The topological polar surface area (TPSA) is 22.1 Å². The van der Waals surface area contributed by atoms with Crippen molar-refractivity contribution in [1.29, 1.82) is 0 Å². The Morgan fingerprint density at radius 3 is 2.86 bits per heavy atom. The Balaban J connectivity index is 2.08. The van der Waals surface area contributed by atoms with Crippen LogP contribution in [0.1, 0.15) is 13.3 Å². The van der Waals surface area contributed by atoms with Gasteiger partial charge in [0.1, 0.15) is 11.5 Å². The minimum absolute atomic E-state index is 0.372. The number of allylic oxidation sites excluding steroid dienone is 3. The van der Waals surface area contributed by atoms with E-state index in [1.165, 1.54) is 0 Å². The first kappa shape index (κ1) is 9.00. The molecule has 0 fully saturated rings. The number of nitrogens with zero attached hydrogens (tertiary/aromatic N) is 1. The lowest BCUT2D eigenvalue weighted by molar-refractivity contribution is 0.376. The van der Waals surface area contributed by atoms with E-state index in [2.05, 4.69) is 30.1 Å². The van der Waals surface area contributed by atoms with Gasteiger partial charge in [-0.2, -0.15) is 0 Å². The van der Waals surface area contributed by atoms with Gasteiger partial charge in [-0.3, -0.25) is 4.98 Å². The fourth-order valence-corrected chi connectivity index (χ4v) is 1.42. The van der Waals surface area contributed by atoms with Gasteiger partial charge in [-0.15, -0.1) is 0 Å². The maximum atomic E-state index is 5.74. The van der Waals surface area contributed by atoms with E-state index in [1.54, 1.807) is 12.4 Å². The van der Waals surface area contributed by atoms with Crippen molar-refractivity contribution in [3.05, 3.63) is 48.5 Å². The second-order valence-corrected chi connectivity index (χ2v) is 3.34. The second kappa shape index (κ2) is 4.09. The van der Waals surface area contributed by atoms with Crippen molar-refractivity contribution in [1.82, 2.24) is 4.98 Å². The molecule has 1 aromatic rings. The quantitative estimate of drug-likeness (QED) is 0.664. The lowest BCUT2D eigenvalue weighted by atomic mass is 10.0. The lowest BCUT2D eigenvalue weighted by Gasteiger charge is -2.16. The van der Waals surface area contributed by atoms with E-state index in [0.717, 1.165) is 17.9 Å². The van der Waals surface area contributed by atoms with Crippen molar-refractivity contribution >= 4 is 0 Å². The lowest BCUT2D eigenvalue weighted by Crippen LogP contribution is -2.06. The van der Waals surface area contributed by atoms with Crippen LogP contribution >= 0.6 is 0 Å². The molecule has 0 aromatic carbocycles. The Morgan fingerprint density at radius 1 is 1.36 bits per heavy atom. The van der Waals surface area contributed by atoms with Crippen LogP contribution in [-0.4, -0.2) is 4.98 Å². The van der Waals surface area contributed by atoms with Crippen LogP contribution in [0.3, 0.4) is 0 Å². The molecule has 0 bridgehead atoms. The Bertz CT molecular complexity index is 354. The summed E-state index contributed by atoms with van der Waals surface area (Å²) in [6, 6.07) is 3.73. The highest BCUT2D eigenvalue weighted by atomic mass is 16.5. The van der Waals surface area contributed by atoms with Gasteiger partial charge >= 0.3 is 0 Å². The molecular weight excluding hydrogens is 174 g/mol. The van der Waals surface area contributed by atoms with Gasteiger partial charge in [0.15, 0.2) is 0 Å². The minimum Gasteiger partial charge on any atom is -0.461 e. The normalized spacial score (nSPS) is 20.4. The van der Waals surface area contributed by atoms with E-state index in [0.29, 0.717) is 5.92 Å². The molecule has 0 spiro atoms. The van der Waals surface area contributed by atoms with Gasteiger partial charge in [-0.05, 0) is 24.6 Å². The first-order valence-electron chi connectivity index (χ1n) is 4.81. The van der Waals surface area contributed by atoms with E-state index < -0.39 is 0 Å². The molecule has 0 saturated carbocycles. The number of pyridine rings is 1. The fourth-order valence-electron chi connectivity index (χ4n) is 1.42. The molecular formula is C12H13NO. The van der Waals surface area contributed by atoms with Crippen molar-refractivity contribution in [2.24, 2.45) is 5.92 Å². The highest BCUT2D eigenvalue weighted by molar-refractivity contribution is 5.23. The summed E-state index contributed by atoms with van der Waals surface area (Å²) in [5.41, 5.74) is 0. The van der Waals surface area contributed by atoms with Crippen molar-refractivity contribution in [3.63, 3.8) is 0 Å². The van der Waals surface area contributed by atoms with Gasteiger partial charge in [0.25, 0.3) is 0 Å². The van der Waals surface area contributed by atoms with Crippen molar-refractivity contribution in [2.45, 2.75) is 13.3 Å². The molecule has 1 aliphatic carbocycles. The molecule has 1 aromatic heterocycles. The molecule has 1 aliphatic rings. The third-order valence-corrected chi connectivity index (χ3v) is 2.21. The van der Waals surface area contributed by atoms with Gasteiger partial charge in [0.05, 0.1) is 0 Å². The summed E-state index contributed by atoms with van der Waals surface area (Å²) >= 11 is 0. The van der Waals surface area contributed by atoms with Crippen molar-refractivity contribution in [3.8, 4) is 5.75 Å². The van der Waals surface area contributed by atoms with Crippen LogP contribution < -0.4 is 4.74 Å². The smallest absolute Gasteiger partial charge is 0.130 e. The maximum absolute atomic E-state index is 5.74. The van der Waals surface area contributed by atoms with Gasteiger partial charge in [-0.25, -0.2) is 0 Å². The highest BCUT2D eigenvalue weighted by Gasteiger charge is 2.10. The fraction of sp³-hybridized carbons (Fsp3) is 0.250. The number of rotatable bonds is 2. The molecule has 0 saturated heterocycles. The summed E-state index contributed by atoms with van der Waals surface area (Å²) < 4.78 is 5.74. The van der Waals surface area contributed by atoms with Crippen molar-refractivity contribution in [2.75, 3.05) is 0 Å². The van der Waals surface area contributed by atoms with E-state index >= 15 is 0 Å². The first-order chi connectivity index (χ1) is 6.86. The zero-order chi connectivity index (χ0) is 9.80. The average molecular weight is 187 g/mol. The Kier molecular flexibility index (Phi) is 2.63. The number of ether oxygens (including phenoxy) is 1. The van der Waals surface area contributed by atoms with Crippen LogP contribution in [0.5, 0.6) is 5.75 Å². The number of hydrogen-bond acceptors (Lipinski definition) is 2. The molecule has 1 heterocycles. The predicted octanol–water partition coefficient (Wildman–Crippen LogP) is 2.94. The molecule has 0 amide bonds. The molecule has 0 N–H and O–H groups in total. The second-order valence-electron chi connectivity index (χ2n) is 3.34. The SMILES string of the molecule is CC1C=CCC=C1Oc1ccncc1. The number of aromatic nitrogens is 1. The molecule has 14 heavy (non-hydrogen) atoms. The van der Waals surface area contributed by atoms with Gasteiger partial charge in [-0.1, -0.05) is 19.1 Å². The predicted molar refractivity (Wildman–Crippen MR) is 55.9 cm³/mol. The zero-order valence-corrected chi connectivity index (χ0v) is 8.18. The summed E-state index contributed by atoms with van der Waals surface area (Å²) in [5, 5.41) is 0. The molecule has 2 nitrogen and oxygen atoms in total. The standard InChI is InChI=1S/C12H13NO/c1-10-4-2-3-5-12(10)14-11-6-8-13-9-7-11/h2,4-10H,3H2,1H3. The first-order valence-corrected chi connectivity index (χ1v) is 4.81. The zero-order valence-electron chi connectivity index (χ0n) is 8.18. The van der Waals surface area contributed by atoms with Crippen LogP contribution in [0.2, 0.25) is 0 Å². The molecule has 1 unspecified atom stereocenters. The van der Waals surface area contributed by atoms with Gasteiger partial charge < -0.3 is 4.74 Å². The van der Waals surface area contributed by atoms with Crippen LogP contribution in [0.4, 0.5) is 0 Å². The molecule has 72 valence electrons. The largest absolute Gasteiger partial charge is 0.461 e. The summed E-state index contributed by atoms with van der Waals surface area (Å²) in [6.45, 7) is 2.13. The molecule has 1 atom stereocenters. The Labute approximate surface area is 83.9 Å². The summed E-state index contributed by atoms with van der Waals surface area (Å²) in [7, 11) is 0. The monoisotopic (exact) mass is 187 g/mol. The summed E-state index contributed by atoms with van der Waals surface area (Å²) in [4.78, 5) is 3.94. The molecule has 2 rings (SSSR count). The summed E-state index contributed by atoms with van der Waals surface area (Å²) in [5.74, 6) is 2.25. The Morgan fingerprint density at radius 2 is 2.14 bits per heavy atom. The van der Waals surface area contributed by atoms with E-state index in [4.69, 9.17) is 4.74 Å². The van der Waals surface area contributed by atoms with Gasteiger partial charge in [0.2, 0.25) is 0 Å². The third kappa shape index (κ3) is 2.02. The van der Waals surface area contributed by atoms with Crippen LogP contribution in [0.15, 0.2) is 48.5 Å². The Hall–Kier alpha value is -1.57. The van der Waals surface area contributed by atoms with Crippen molar-refractivity contribution < 1.29 is 4.74 Å². The minimum atomic E-state index is 0.372. The van der Waals surface area contributed by atoms with Crippen LogP contribution in [0, 0.1) is 5.92 Å². The average Bonchev–Trinajstić information content (AvgIpc) is 2.23. The molecule has 0 radical (unpaired) electrons. The van der Waals surface area contributed by atoms with Crippen LogP contribution in [-0.2, 0) is 0 Å². The molecule has 0 aliphatic heterocycles. The van der Waals surface area contributed by atoms with Gasteiger partial charge in [0, 0.05) is 18.3 Å².